The van der Waals surface area contributed by atoms with Crippen LogP contribution in [0.2, 0.25) is 0 Å². The number of nitrogens with one attached hydrogen (secondary N) is 2. The molecule has 0 spiro atoms. The van der Waals surface area contributed by atoms with Crippen LogP contribution in [0.15, 0.2) is 84.8 Å². The van der Waals surface area contributed by atoms with Crippen LogP contribution in [0.1, 0.15) is 19.4 Å². The van der Waals surface area contributed by atoms with Gasteiger partial charge in [0.2, 0.25) is 0 Å². The van der Waals surface area contributed by atoms with E-state index >= 15 is 4.39 Å². The lowest BCUT2D eigenvalue weighted by molar-refractivity contribution is -0.0891. The molecule has 0 aromatic heterocycles. The third-order valence-corrected chi connectivity index (χ3v) is 9.13. The minimum absolute atomic E-state index is 0.0430. The fraction of sp³-hybridized carbons (Fsp3) is 0.444. The van der Waals surface area contributed by atoms with E-state index < -0.39 is 11.7 Å². The molecule has 2 heterocycles. The molecule has 0 aliphatic carbocycles. The highest BCUT2D eigenvalue weighted by Gasteiger charge is 2.37. The second kappa shape index (κ2) is 16.0. The largest absolute Gasteiger partial charge is 0.417 e. The standard InChI is InChI=1S/C36H49F4N7/c1-7-8-32(36(38,39)40)31(21-42-5)27(4)43-34-20-29(10-12-35(34)47-22-25(2)44(6)26(3)23-47)30-19-28(9-11-33(30)37)24-46-17-15-45(14-13-41)16-18-46/h7-12,19-21,25-26,42-43H,1,4,13-18,22-24,41H2,2-3,5-6H3/b31-21-,32-8+. The van der Waals surface area contributed by atoms with Crippen LogP contribution >= 0.6 is 0 Å². The summed E-state index contributed by atoms with van der Waals surface area (Å²) in [5.74, 6) is -0.370. The Bertz CT molecular complexity index is 1450. The molecular formula is C36H49F4N7. The number of likely N-dealkylation sites (N-methyl/N-ethyl adjacent to an activating group) is 1. The zero-order valence-electron chi connectivity index (χ0n) is 28.0. The molecule has 11 heteroatoms. The molecule has 0 radical (unpaired) electrons. The number of nitrogens with zero attached hydrogens (tertiary/aromatic N) is 4. The highest BCUT2D eigenvalue weighted by Crippen LogP contribution is 2.39. The lowest BCUT2D eigenvalue weighted by Crippen LogP contribution is -2.55. The molecule has 2 fully saturated rings. The van der Waals surface area contributed by atoms with E-state index in [0.29, 0.717) is 43.0 Å². The third kappa shape index (κ3) is 9.04. The first-order valence-corrected chi connectivity index (χ1v) is 16.1. The van der Waals surface area contributed by atoms with Crippen molar-refractivity contribution in [2.45, 2.75) is 38.7 Å². The molecule has 2 aromatic carbocycles. The number of alkyl halides is 3. The lowest BCUT2D eigenvalue weighted by atomic mass is 9.99. The molecule has 4 rings (SSSR count). The Balaban J connectivity index is 1.71. The van der Waals surface area contributed by atoms with Gasteiger partial charge in [-0.2, -0.15) is 13.2 Å². The van der Waals surface area contributed by atoms with Crippen molar-refractivity contribution in [2.75, 3.05) is 76.7 Å². The van der Waals surface area contributed by atoms with E-state index in [1.807, 2.05) is 30.3 Å². The Labute approximate surface area is 277 Å². The monoisotopic (exact) mass is 655 g/mol. The van der Waals surface area contributed by atoms with Gasteiger partial charge in [-0.15, -0.1) is 0 Å². The third-order valence-electron chi connectivity index (χ3n) is 9.13. The molecule has 2 unspecified atom stereocenters. The predicted molar refractivity (Wildman–Crippen MR) is 186 cm³/mol. The Morgan fingerprint density at radius 1 is 1.02 bits per heavy atom. The molecule has 256 valence electrons. The van der Waals surface area contributed by atoms with Crippen molar-refractivity contribution in [1.29, 1.82) is 0 Å². The first kappa shape index (κ1) is 36.2. The van der Waals surface area contributed by atoms with Gasteiger partial charge in [-0.05, 0) is 62.4 Å². The lowest BCUT2D eigenvalue weighted by Gasteiger charge is -2.44. The van der Waals surface area contributed by atoms with Crippen molar-refractivity contribution in [3.05, 3.63) is 96.1 Å². The van der Waals surface area contributed by atoms with E-state index in [1.54, 1.807) is 0 Å². The molecule has 0 bridgehead atoms. The topological polar surface area (TPSA) is 63.0 Å². The molecule has 2 atom stereocenters. The molecule has 7 nitrogen and oxygen atoms in total. The van der Waals surface area contributed by atoms with Gasteiger partial charge in [0.05, 0.1) is 16.9 Å². The first-order valence-electron chi connectivity index (χ1n) is 16.1. The van der Waals surface area contributed by atoms with Crippen LogP contribution in [0.4, 0.5) is 28.9 Å². The Hall–Kier alpha value is -3.64. The summed E-state index contributed by atoms with van der Waals surface area (Å²) in [5.41, 5.74) is 8.09. The van der Waals surface area contributed by atoms with Crippen molar-refractivity contribution >= 4 is 11.4 Å². The number of nitrogens with two attached hydrogens (primary N) is 1. The summed E-state index contributed by atoms with van der Waals surface area (Å²) in [5, 5.41) is 5.91. The van der Waals surface area contributed by atoms with E-state index in [4.69, 9.17) is 5.73 Å². The summed E-state index contributed by atoms with van der Waals surface area (Å²) in [6.07, 6.45) is -1.35. The van der Waals surface area contributed by atoms with Crippen LogP contribution in [-0.4, -0.2) is 99.4 Å². The first-order chi connectivity index (χ1) is 22.4. The number of piperazine rings is 2. The predicted octanol–water partition coefficient (Wildman–Crippen LogP) is 5.80. The Morgan fingerprint density at radius 3 is 2.28 bits per heavy atom. The molecule has 0 saturated carbocycles. The Morgan fingerprint density at radius 2 is 1.68 bits per heavy atom. The van der Waals surface area contributed by atoms with Gasteiger partial charge in [-0.25, -0.2) is 4.39 Å². The van der Waals surface area contributed by atoms with Crippen molar-refractivity contribution in [3.8, 4) is 11.1 Å². The van der Waals surface area contributed by atoms with Gasteiger partial charge in [-0.1, -0.05) is 31.4 Å². The zero-order valence-corrected chi connectivity index (χ0v) is 28.0. The van der Waals surface area contributed by atoms with E-state index in [1.165, 1.54) is 19.3 Å². The van der Waals surface area contributed by atoms with Crippen LogP contribution in [0, 0.1) is 5.82 Å². The number of allylic oxidation sites excluding steroid dienone is 3. The van der Waals surface area contributed by atoms with Gasteiger partial charge < -0.3 is 21.3 Å². The zero-order chi connectivity index (χ0) is 34.3. The highest BCUT2D eigenvalue weighted by atomic mass is 19.4. The minimum Gasteiger partial charge on any atom is -0.393 e. The smallest absolute Gasteiger partial charge is 0.393 e. The fourth-order valence-electron chi connectivity index (χ4n) is 6.34. The SMILES string of the molecule is C=C/C=C(\C(=C/NC)C(=C)Nc1cc(-c2cc(CN3CCN(CCN)CC3)ccc2F)ccc1N1CC(C)N(C)C(C)C1)C(F)(F)F. The van der Waals surface area contributed by atoms with Crippen LogP contribution in [-0.2, 0) is 6.54 Å². The van der Waals surface area contributed by atoms with Crippen molar-refractivity contribution in [2.24, 2.45) is 5.73 Å². The van der Waals surface area contributed by atoms with Gasteiger partial charge in [0.25, 0.3) is 0 Å². The van der Waals surface area contributed by atoms with Crippen molar-refractivity contribution in [3.63, 3.8) is 0 Å². The molecule has 47 heavy (non-hydrogen) atoms. The maximum atomic E-state index is 15.5. The Kier molecular flexibility index (Phi) is 12.3. The van der Waals surface area contributed by atoms with Gasteiger partial charge >= 0.3 is 6.18 Å². The molecule has 4 N–H and O–H groups in total. The second-order valence-corrected chi connectivity index (χ2v) is 12.5. The van der Waals surface area contributed by atoms with E-state index in [2.05, 4.69) is 64.3 Å². The number of hydrogen-bond acceptors (Lipinski definition) is 7. The van der Waals surface area contributed by atoms with Crippen LogP contribution in [0.3, 0.4) is 0 Å². The number of anilines is 2. The maximum absolute atomic E-state index is 15.5. The minimum atomic E-state index is -4.64. The average Bonchev–Trinajstić information content (AvgIpc) is 3.02. The second-order valence-electron chi connectivity index (χ2n) is 12.5. The highest BCUT2D eigenvalue weighted by molar-refractivity contribution is 5.81. The van der Waals surface area contributed by atoms with Gasteiger partial charge in [-0.3, -0.25) is 14.7 Å². The summed E-state index contributed by atoms with van der Waals surface area (Å²) >= 11 is 0. The number of rotatable bonds is 12. The van der Waals surface area contributed by atoms with Crippen molar-refractivity contribution in [1.82, 2.24) is 20.0 Å². The number of benzene rings is 2. The van der Waals surface area contributed by atoms with Gasteiger partial charge in [0.1, 0.15) is 5.82 Å². The molecule has 0 amide bonds. The maximum Gasteiger partial charge on any atom is 0.417 e. The molecule has 2 saturated heterocycles. The number of hydrogen-bond donors (Lipinski definition) is 3. The average molecular weight is 656 g/mol. The van der Waals surface area contributed by atoms with E-state index in [9.17, 15) is 13.2 Å². The molecule has 2 aromatic rings. The van der Waals surface area contributed by atoms with Gasteiger partial charge in [0.15, 0.2) is 0 Å². The van der Waals surface area contributed by atoms with Crippen LogP contribution in [0.25, 0.3) is 11.1 Å². The van der Waals surface area contributed by atoms with Crippen LogP contribution < -0.4 is 21.3 Å². The van der Waals surface area contributed by atoms with Gasteiger partial charge in [0, 0.05) is 101 Å². The fourth-order valence-corrected chi connectivity index (χ4v) is 6.34. The molecule has 2 aliphatic heterocycles. The summed E-state index contributed by atoms with van der Waals surface area (Å²) in [6.45, 7) is 19.1. The summed E-state index contributed by atoms with van der Waals surface area (Å²) in [6, 6.07) is 11.3. The van der Waals surface area contributed by atoms with Crippen molar-refractivity contribution < 1.29 is 17.6 Å². The number of halogens is 4. The van der Waals surface area contributed by atoms with E-state index in [-0.39, 0.29) is 29.2 Å². The van der Waals surface area contributed by atoms with E-state index in [0.717, 1.165) is 56.1 Å². The van der Waals surface area contributed by atoms with Crippen LogP contribution in [0.5, 0.6) is 0 Å². The quantitative estimate of drug-likeness (QED) is 0.197. The molecular weight excluding hydrogens is 606 g/mol. The summed E-state index contributed by atoms with van der Waals surface area (Å²) < 4.78 is 57.9. The molecule has 2 aliphatic rings. The summed E-state index contributed by atoms with van der Waals surface area (Å²) in [4.78, 5) is 9.22. The normalized spacial score (nSPS) is 20.7. The summed E-state index contributed by atoms with van der Waals surface area (Å²) in [7, 11) is 3.62.